The Balaban J connectivity index is 2.28. The lowest BCUT2D eigenvalue weighted by Gasteiger charge is -2.09. The third kappa shape index (κ3) is 8.93. The number of alkyl halides is 1. The van der Waals surface area contributed by atoms with Crippen molar-refractivity contribution in [2.24, 2.45) is 5.73 Å². The van der Waals surface area contributed by atoms with Crippen LogP contribution in [-0.4, -0.2) is 33.0 Å². The van der Waals surface area contributed by atoms with Crippen molar-refractivity contribution in [1.82, 2.24) is 0 Å². The summed E-state index contributed by atoms with van der Waals surface area (Å²) in [7, 11) is -1.10. The number of hydrogen-bond donors (Lipinski definition) is 3. The van der Waals surface area contributed by atoms with E-state index in [0.717, 1.165) is 43.4 Å². The van der Waals surface area contributed by atoms with Crippen LogP contribution < -0.4 is 10.5 Å². The summed E-state index contributed by atoms with van der Waals surface area (Å²) in [5.41, 5.74) is 7.10. The van der Waals surface area contributed by atoms with Gasteiger partial charge in [-0.3, -0.25) is 4.79 Å². The fourth-order valence-corrected chi connectivity index (χ4v) is 3.25. The predicted octanol–water partition coefficient (Wildman–Crippen LogP) is 2.91. The average Bonchev–Trinajstić information content (AvgIpc) is 2.52. The molecule has 0 saturated heterocycles. The van der Waals surface area contributed by atoms with Gasteiger partial charge in [-0.1, -0.05) is 31.4 Å². The fourth-order valence-electron chi connectivity index (χ4n) is 2.09. The van der Waals surface area contributed by atoms with Crippen molar-refractivity contribution in [2.45, 2.75) is 44.6 Å². The summed E-state index contributed by atoms with van der Waals surface area (Å²) < 4.78 is 14.9. The van der Waals surface area contributed by atoms with Gasteiger partial charge < -0.3 is 15.6 Å². The van der Waals surface area contributed by atoms with Crippen LogP contribution in [0, 0.1) is 0 Å². The van der Waals surface area contributed by atoms with E-state index in [-0.39, 0.29) is 6.42 Å². The molecule has 1 rings (SSSR count). The number of anilines is 1. The van der Waals surface area contributed by atoms with Crippen molar-refractivity contribution < 1.29 is 14.1 Å². The minimum Gasteiger partial charge on any atom is -0.480 e. The molecule has 0 aliphatic rings. The van der Waals surface area contributed by atoms with Gasteiger partial charge in [-0.05, 0) is 37.0 Å². The molecule has 0 amide bonds. The average molecular weight is 361 g/mol. The molecule has 130 valence electrons. The quantitative estimate of drug-likeness (QED) is 0.394. The maximum absolute atomic E-state index is 11.9. The van der Waals surface area contributed by atoms with Gasteiger partial charge in [0.2, 0.25) is 0 Å². The maximum Gasteiger partial charge on any atom is 0.320 e. The number of carboxylic acid groups (broad SMARTS) is 1. The summed E-state index contributed by atoms with van der Waals surface area (Å²) in [6.45, 7) is 0. The summed E-state index contributed by atoms with van der Waals surface area (Å²) in [5.74, 6) is 0.312. The Kier molecular flexibility index (Phi) is 9.91. The van der Waals surface area contributed by atoms with Crippen molar-refractivity contribution in [3.05, 3.63) is 29.8 Å². The smallest absolute Gasteiger partial charge is 0.320 e. The molecule has 1 unspecified atom stereocenters. The minimum atomic E-state index is -1.10. The van der Waals surface area contributed by atoms with Gasteiger partial charge in [0, 0.05) is 17.3 Å². The second kappa shape index (κ2) is 11.4. The first-order valence-electron chi connectivity index (χ1n) is 7.81. The molecule has 5 nitrogen and oxygen atoms in total. The first kappa shape index (κ1) is 19.9. The number of unbranched alkanes of at least 4 members (excludes halogenated alkanes) is 4. The van der Waals surface area contributed by atoms with Gasteiger partial charge in [-0.2, -0.15) is 0 Å². The highest BCUT2D eigenvalue weighted by atomic mass is 35.5. The predicted molar refractivity (Wildman–Crippen MR) is 96.2 cm³/mol. The molecule has 0 heterocycles. The summed E-state index contributed by atoms with van der Waals surface area (Å²) >= 11 is 5.61. The van der Waals surface area contributed by atoms with Crippen molar-refractivity contribution >= 4 is 34.2 Å². The van der Waals surface area contributed by atoms with Crippen LogP contribution in [-0.2, 0) is 22.2 Å². The molecular formula is C16H25ClN2O3S. The number of rotatable bonds is 12. The standard InChI is InChI=1S/C16H25ClN2O3S/c17-10-4-2-1-3-5-11-23(22)19-14-8-6-13(7-9-14)12-15(18)16(20)21/h6-9,15,19H,1-5,10-12,18H2,(H,20,21)/t15-,23?/m0/s1. The maximum atomic E-state index is 11.9. The Labute approximate surface area is 145 Å². The van der Waals surface area contributed by atoms with Gasteiger partial charge in [0.25, 0.3) is 0 Å². The van der Waals surface area contributed by atoms with E-state index in [2.05, 4.69) is 4.72 Å². The molecule has 2 atom stereocenters. The third-order valence-electron chi connectivity index (χ3n) is 3.42. The van der Waals surface area contributed by atoms with E-state index in [1.807, 2.05) is 0 Å². The molecule has 1 aromatic carbocycles. The van der Waals surface area contributed by atoms with Crippen LogP contribution in [0.5, 0.6) is 0 Å². The third-order valence-corrected chi connectivity index (χ3v) is 4.81. The van der Waals surface area contributed by atoms with E-state index >= 15 is 0 Å². The normalized spacial score (nSPS) is 13.5. The number of halogens is 1. The Morgan fingerprint density at radius 2 is 1.78 bits per heavy atom. The number of hydrogen-bond acceptors (Lipinski definition) is 3. The Hall–Kier alpha value is -1.11. The second-order valence-corrected chi connectivity index (χ2v) is 7.14. The first-order chi connectivity index (χ1) is 11.0. The highest BCUT2D eigenvalue weighted by Gasteiger charge is 2.11. The van der Waals surface area contributed by atoms with Crippen LogP contribution in [0.2, 0.25) is 0 Å². The molecule has 0 aromatic heterocycles. The van der Waals surface area contributed by atoms with Crippen molar-refractivity contribution in [3.8, 4) is 0 Å². The molecule has 4 N–H and O–H groups in total. The van der Waals surface area contributed by atoms with Crippen LogP contribution in [0.1, 0.15) is 37.7 Å². The van der Waals surface area contributed by atoms with E-state index in [9.17, 15) is 9.00 Å². The van der Waals surface area contributed by atoms with Crippen LogP contribution in [0.3, 0.4) is 0 Å². The number of carboxylic acids is 1. The van der Waals surface area contributed by atoms with Crippen molar-refractivity contribution in [1.29, 1.82) is 0 Å². The molecule has 0 saturated carbocycles. The fraction of sp³-hybridized carbons (Fsp3) is 0.562. The van der Waals surface area contributed by atoms with E-state index in [4.69, 9.17) is 22.4 Å². The lowest BCUT2D eigenvalue weighted by molar-refractivity contribution is -0.138. The zero-order valence-corrected chi connectivity index (χ0v) is 14.7. The zero-order valence-electron chi connectivity index (χ0n) is 13.2. The molecule has 23 heavy (non-hydrogen) atoms. The number of nitrogens with two attached hydrogens (primary N) is 1. The first-order valence-corrected chi connectivity index (χ1v) is 9.66. The van der Waals surface area contributed by atoms with E-state index in [0.29, 0.717) is 11.6 Å². The van der Waals surface area contributed by atoms with Crippen LogP contribution in [0.15, 0.2) is 24.3 Å². The zero-order chi connectivity index (χ0) is 17.1. The topological polar surface area (TPSA) is 92.4 Å². The number of benzene rings is 1. The van der Waals surface area contributed by atoms with Gasteiger partial charge in [-0.15, -0.1) is 11.6 Å². The molecular weight excluding hydrogens is 336 g/mol. The summed E-state index contributed by atoms with van der Waals surface area (Å²) in [6, 6.07) is 6.29. The molecule has 0 bridgehead atoms. The lowest BCUT2D eigenvalue weighted by atomic mass is 10.1. The Bertz CT molecular complexity index is 497. The number of aliphatic carboxylic acids is 1. The summed E-state index contributed by atoms with van der Waals surface area (Å²) in [4.78, 5) is 10.7. The molecule has 0 aliphatic carbocycles. The lowest BCUT2D eigenvalue weighted by Crippen LogP contribution is -2.32. The molecule has 0 radical (unpaired) electrons. The molecule has 0 spiro atoms. The molecule has 1 aromatic rings. The van der Waals surface area contributed by atoms with Crippen LogP contribution >= 0.6 is 11.6 Å². The van der Waals surface area contributed by atoms with E-state index < -0.39 is 23.0 Å². The van der Waals surface area contributed by atoms with Gasteiger partial charge in [0.15, 0.2) is 0 Å². The molecule has 0 fully saturated rings. The number of carbonyl (C=O) groups is 1. The highest BCUT2D eigenvalue weighted by molar-refractivity contribution is 7.86. The summed E-state index contributed by atoms with van der Waals surface area (Å²) in [5, 5.41) is 8.78. The van der Waals surface area contributed by atoms with Gasteiger partial charge in [0.05, 0.1) is 0 Å². The molecule has 0 aliphatic heterocycles. The Morgan fingerprint density at radius 3 is 2.39 bits per heavy atom. The SMILES string of the molecule is N[C@@H](Cc1ccc(NS(=O)CCCCCCCCl)cc1)C(=O)O. The number of nitrogens with one attached hydrogen (secondary N) is 1. The van der Waals surface area contributed by atoms with E-state index in [1.165, 1.54) is 0 Å². The summed E-state index contributed by atoms with van der Waals surface area (Å²) in [6.07, 6.45) is 5.57. The van der Waals surface area contributed by atoms with E-state index in [1.54, 1.807) is 24.3 Å². The largest absolute Gasteiger partial charge is 0.480 e. The highest BCUT2D eigenvalue weighted by Crippen LogP contribution is 2.12. The van der Waals surface area contributed by atoms with Gasteiger partial charge >= 0.3 is 5.97 Å². The monoisotopic (exact) mass is 360 g/mol. The van der Waals surface area contributed by atoms with Crippen LogP contribution in [0.25, 0.3) is 0 Å². The van der Waals surface area contributed by atoms with Gasteiger partial charge in [-0.25, -0.2) is 4.21 Å². The Morgan fingerprint density at radius 1 is 1.17 bits per heavy atom. The van der Waals surface area contributed by atoms with Crippen LogP contribution in [0.4, 0.5) is 5.69 Å². The van der Waals surface area contributed by atoms with Gasteiger partial charge in [0.1, 0.15) is 17.0 Å². The van der Waals surface area contributed by atoms with Crippen molar-refractivity contribution in [3.63, 3.8) is 0 Å². The molecule has 7 heteroatoms. The minimum absolute atomic E-state index is 0.279. The van der Waals surface area contributed by atoms with Crippen molar-refractivity contribution in [2.75, 3.05) is 16.4 Å². The second-order valence-electron chi connectivity index (χ2n) is 5.45.